The average molecular weight is 341 g/mol. The molecule has 1 heterocycles. The van der Waals surface area contributed by atoms with Crippen molar-refractivity contribution < 1.29 is 9.53 Å². The number of nitrogens with one attached hydrogen (secondary N) is 3. The quantitative estimate of drug-likeness (QED) is 0.391. The first-order valence-corrected chi connectivity index (χ1v) is 9.09. The van der Waals surface area contributed by atoms with E-state index in [0.29, 0.717) is 19.0 Å². The van der Waals surface area contributed by atoms with Crippen molar-refractivity contribution in [3.05, 3.63) is 0 Å². The van der Waals surface area contributed by atoms with Gasteiger partial charge in [-0.25, -0.2) is 0 Å². The van der Waals surface area contributed by atoms with Crippen LogP contribution in [-0.2, 0) is 9.53 Å². The van der Waals surface area contributed by atoms with Gasteiger partial charge in [-0.2, -0.15) is 0 Å². The second-order valence-corrected chi connectivity index (χ2v) is 7.89. The molecule has 1 fully saturated rings. The molecule has 0 saturated carbocycles. The van der Waals surface area contributed by atoms with E-state index >= 15 is 0 Å². The zero-order chi connectivity index (χ0) is 18.2. The van der Waals surface area contributed by atoms with Gasteiger partial charge in [0.25, 0.3) is 0 Å². The highest BCUT2D eigenvalue weighted by molar-refractivity contribution is 5.80. The summed E-state index contributed by atoms with van der Waals surface area (Å²) < 4.78 is 6.02. The third-order valence-electron chi connectivity index (χ3n) is 4.29. The molecule has 0 radical (unpaired) electrons. The Morgan fingerprint density at radius 3 is 2.46 bits per heavy atom. The van der Waals surface area contributed by atoms with E-state index < -0.39 is 0 Å². The SMILES string of the molecule is CN=C(NCCNC(=O)C(C)C)NCC1CCCOC1C(C)(C)C. The van der Waals surface area contributed by atoms with Crippen LogP contribution in [0.25, 0.3) is 0 Å². The predicted molar refractivity (Wildman–Crippen MR) is 99.1 cm³/mol. The van der Waals surface area contributed by atoms with Gasteiger partial charge < -0.3 is 20.7 Å². The van der Waals surface area contributed by atoms with Crippen molar-refractivity contribution in [3.63, 3.8) is 0 Å². The third kappa shape index (κ3) is 7.07. The standard InChI is InChI=1S/C18H36N4O2/c1-13(2)16(23)20-9-10-21-17(19-6)22-12-14-8-7-11-24-15(14)18(3,4)5/h13-15H,7-12H2,1-6H3,(H,20,23)(H2,19,21,22). The van der Waals surface area contributed by atoms with Crippen LogP contribution in [0.3, 0.4) is 0 Å². The fourth-order valence-corrected chi connectivity index (χ4v) is 3.03. The molecule has 0 aromatic rings. The number of carbonyl (C=O) groups excluding carboxylic acids is 1. The van der Waals surface area contributed by atoms with E-state index in [1.54, 1.807) is 7.05 Å². The van der Waals surface area contributed by atoms with Crippen molar-refractivity contribution in [2.75, 3.05) is 33.3 Å². The molecule has 3 N–H and O–H groups in total. The highest BCUT2D eigenvalue weighted by atomic mass is 16.5. The van der Waals surface area contributed by atoms with Gasteiger partial charge in [0.1, 0.15) is 0 Å². The van der Waals surface area contributed by atoms with Gasteiger partial charge in [-0.15, -0.1) is 0 Å². The summed E-state index contributed by atoms with van der Waals surface area (Å²) in [7, 11) is 1.76. The van der Waals surface area contributed by atoms with Gasteiger partial charge in [-0.1, -0.05) is 34.6 Å². The zero-order valence-electron chi connectivity index (χ0n) is 16.2. The monoisotopic (exact) mass is 340 g/mol. The lowest BCUT2D eigenvalue weighted by molar-refractivity contribution is -0.123. The number of hydrogen-bond donors (Lipinski definition) is 3. The van der Waals surface area contributed by atoms with Crippen molar-refractivity contribution in [2.45, 2.75) is 53.6 Å². The Kier molecular flexibility index (Phi) is 8.53. The Bertz CT molecular complexity index is 416. The first-order chi connectivity index (χ1) is 11.3. The summed E-state index contributed by atoms with van der Waals surface area (Å²) in [5.41, 5.74) is 0.144. The van der Waals surface area contributed by atoms with E-state index in [9.17, 15) is 4.79 Å². The maximum Gasteiger partial charge on any atom is 0.222 e. The van der Waals surface area contributed by atoms with Crippen LogP contribution in [0.4, 0.5) is 0 Å². The van der Waals surface area contributed by atoms with Crippen LogP contribution < -0.4 is 16.0 Å². The second kappa shape index (κ2) is 9.87. The molecule has 0 bridgehead atoms. The van der Waals surface area contributed by atoms with E-state index in [-0.39, 0.29) is 23.3 Å². The summed E-state index contributed by atoms with van der Waals surface area (Å²) in [4.78, 5) is 15.8. The first-order valence-electron chi connectivity index (χ1n) is 9.09. The van der Waals surface area contributed by atoms with E-state index in [4.69, 9.17) is 4.74 Å². The largest absolute Gasteiger partial charge is 0.377 e. The van der Waals surface area contributed by atoms with Gasteiger partial charge in [0, 0.05) is 45.1 Å². The van der Waals surface area contributed by atoms with E-state index in [0.717, 1.165) is 25.5 Å². The molecule has 6 heteroatoms. The van der Waals surface area contributed by atoms with Crippen LogP contribution in [0.1, 0.15) is 47.5 Å². The van der Waals surface area contributed by atoms with Crippen molar-refractivity contribution in [1.29, 1.82) is 0 Å². The van der Waals surface area contributed by atoms with Crippen LogP contribution >= 0.6 is 0 Å². The van der Waals surface area contributed by atoms with Crippen molar-refractivity contribution >= 4 is 11.9 Å². The highest BCUT2D eigenvalue weighted by Crippen LogP contribution is 2.33. The molecule has 140 valence electrons. The van der Waals surface area contributed by atoms with Crippen LogP contribution in [0.2, 0.25) is 0 Å². The summed E-state index contributed by atoms with van der Waals surface area (Å²) in [6.07, 6.45) is 2.56. The summed E-state index contributed by atoms with van der Waals surface area (Å²) >= 11 is 0. The number of ether oxygens (including phenoxy) is 1. The number of nitrogens with zero attached hydrogens (tertiary/aromatic N) is 1. The van der Waals surface area contributed by atoms with Gasteiger partial charge in [-0.05, 0) is 18.3 Å². The maximum absolute atomic E-state index is 11.5. The van der Waals surface area contributed by atoms with Gasteiger partial charge in [-0.3, -0.25) is 9.79 Å². The first kappa shape index (κ1) is 20.7. The predicted octanol–water partition coefficient (Wildman–Crippen LogP) is 1.76. The lowest BCUT2D eigenvalue weighted by Crippen LogP contribution is -2.48. The lowest BCUT2D eigenvalue weighted by Gasteiger charge is -2.40. The molecular formula is C18H36N4O2. The van der Waals surface area contributed by atoms with Crippen molar-refractivity contribution in [1.82, 2.24) is 16.0 Å². The molecule has 0 aromatic heterocycles. The third-order valence-corrected chi connectivity index (χ3v) is 4.29. The Hall–Kier alpha value is -1.30. The smallest absolute Gasteiger partial charge is 0.222 e. The second-order valence-electron chi connectivity index (χ2n) is 7.89. The number of carbonyl (C=O) groups is 1. The Morgan fingerprint density at radius 2 is 1.88 bits per heavy atom. The Morgan fingerprint density at radius 1 is 1.21 bits per heavy atom. The molecule has 0 aromatic carbocycles. The minimum Gasteiger partial charge on any atom is -0.377 e. The number of rotatable bonds is 6. The number of amides is 1. The van der Waals surface area contributed by atoms with Gasteiger partial charge in [0.05, 0.1) is 6.10 Å². The topological polar surface area (TPSA) is 74.8 Å². The van der Waals surface area contributed by atoms with Crippen LogP contribution in [-0.4, -0.2) is 51.3 Å². The molecule has 6 nitrogen and oxygen atoms in total. The van der Waals surface area contributed by atoms with Gasteiger partial charge in [0.2, 0.25) is 5.91 Å². The minimum atomic E-state index is 0.0167. The minimum absolute atomic E-state index is 0.0167. The zero-order valence-corrected chi connectivity index (χ0v) is 16.2. The molecule has 1 amide bonds. The molecule has 24 heavy (non-hydrogen) atoms. The molecule has 1 rings (SSSR count). The summed E-state index contributed by atoms with van der Waals surface area (Å²) in [5, 5.41) is 9.53. The van der Waals surface area contributed by atoms with Crippen LogP contribution in [0.5, 0.6) is 0 Å². The molecule has 0 spiro atoms. The Labute approximate surface area is 147 Å². The molecule has 2 unspecified atom stereocenters. The average Bonchev–Trinajstić information content (AvgIpc) is 2.53. The van der Waals surface area contributed by atoms with E-state index in [1.165, 1.54) is 6.42 Å². The Balaban J connectivity index is 2.36. The molecule has 0 aliphatic carbocycles. The van der Waals surface area contributed by atoms with Gasteiger partial charge in [0.15, 0.2) is 5.96 Å². The van der Waals surface area contributed by atoms with Crippen molar-refractivity contribution in [2.24, 2.45) is 22.2 Å². The fraction of sp³-hybridized carbons (Fsp3) is 0.889. The molecule has 1 saturated heterocycles. The van der Waals surface area contributed by atoms with E-state index in [2.05, 4.69) is 41.7 Å². The molecular weight excluding hydrogens is 304 g/mol. The molecule has 2 atom stereocenters. The van der Waals surface area contributed by atoms with Gasteiger partial charge >= 0.3 is 0 Å². The maximum atomic E-state index is 11.5. The van der Waals surface area contributed by atoms with E-state index in [1.807, 2.05) is 13.8 Å². The summed E-state index contributed by atoms with van der Waals surface area (Å²) in [6.45, 7) is 13.4. The summed E-state index contributed by atoms with van der Waals surface area (Å²) in [5.74, 6) is 1.35. The molecule has 1 aliphatic rings. The number of guanidine groups is 1. The molecule has 1 aliphatic heterocycles. The van der Waals surface area contributed by atoms with Crippen molar-refractivity contribution in [3.8, 4) is 0 Å². The lowest BCUT2D eigenvalue weighted by atomic mass is 9.78. The highest BCUT2D eigenvalue weighted by Gasteiger charge is 2.35. The fourth-order valence-electron chi connectivity index (χ4n) is 3.03. The van der Waals surface area contributed by atoms with Crippen LogP contribution in [0, 0.1) is 17.3 Å². The number of hydrogen-bond acceptors (Lipinski definition) is 3. The summed E-state index contributed by atoms with van der Waals surface area (Å²) in [6, 6.07) is 0. The normalized spacial score (nSPS) is 22.4. The number of aliphatic imine (C=N–C) groups is 1. The van der Waals surface area contributed by atoms with Crippen LogP contribution in [0.15, 0.2) is 4.99 Å².